The Morgan fingerprint density at radius 2 is 1.46 bits per heavy atom. The molecule has 0 aromatic heterocycles. The third-order valence-corrected chi connectivity index (χ3v) is 4.23. The van der Waals surface area contributed by atoms with Gasteiger partial charge in [0.2, 0.25) is 11.8 Å². The highest BCUT2D eigenvalue weighted by molar-refractivity contribution is 6.19. The van der Waals surface area contributed by atoms with E-state index in [1.54, 1.807) is 24.3 Å². The molecule has 1 saturated heterocycles. The van der Waals surface area contributed by atoms with E-state index in [9.17, 15) is 19.2 Å². The van der Waals surface area contributed by atoms with Crippen molar-refractivity contribution in [3.63, 3.8) is 0 Å². The fourth-order valence-corrected chi connectivity index (χ4v) is 2.81. The maximum absolute atomic E-state index is 12.2. The normalized spacial score (nSPS) is 13.5. The van der Waals surface area contributed by atoms with Crippen molar-refractivity contribution >= 4 is 29.3 Å². The van der Waals surface area contributed by atoms with Crippen LogP contribution in [-0.4, -0.2) is 36.8 Å². The van der Waals surface area contributed by atoms with Crippen LogP contribution in [0.25, 0.3) is 0 Å². The first-order valence-corrected chi connectivity index (χ1v) is 8.88. The molecule has 1 heterocycles. The Bertz CT molecular complexity index is 885. The highest BCUT2D eigenvalue weighted by Crippen LogP contribution is 2.23. The van der Waals surface area contributed by atoms with Gasteiger partial charge in [-0.3, -0.25) is 19.3 Å². The maximum Gasteiger partial charge on any atom is 0.338 e. The van der Waals surface area contributed by atoms with Gasteiger partial charge in [0.1, 0.15) is 5.75 Å². The summed E-state index contributed by atoms with van der Waals surface area (Å²) >= 11 is 0. The number of carbonyl (C=O) groups is 4. The standard InChI is InChI=1S/C21H19NO6/c1-2-27-17-9-5-14(6-10-17)18(23)13-28-21(26)15-3-7-16(8-4-15)22-19(24)11-12-20(22)25/h3-10H,2,11-13H2,1H3. The Hall–Kier alpha value is -3.48. The number of hydrogen-bond donors (Lipinski definition) is 0. The topological polar surface area (TPSA) is 90.0 Å². The lowest BCUT2D eigenvalue weighted by atomic mass is 10.1. The van der Waals surface area contributed by atoms with Gasteiger partial charge in [0.25, 0.3) is 0 Å². The van der Waals surface area contributed by atoms with Gasteiger partial charge >= 0.3 is 5.97 Å². The number of ether oxygens (including phenoxy) is 2. The summed E-state index contributed by atoms with van der Waals surface area (Å²) in [5, 5.41) is 0. The lowest BCUT2D eigenvalue weighted by molar-refractivity contribution is -0.121. The monoisotopic (exact) mass is 381 g/mol. The number of carbonyl (C=O) groups excluding carboxylic acids is 4. The molecule has 7 heteroatoms. The second kappa shape index (κ2) is 8.47. The second-order valence-corrected chi connectivity index (χ2v) is 6.13. The smallest absolute Gasteiger partial charge is 0.338 e. The number of amides is 2. The molecule has 0 bridgehead atoms. The van der Waals surface area contributed by atoms with Gasteiger partial charge in [-0.15, -0.1) is 0 Å². The van der Waals surface area contributed by atoms with Crippen LogP contribution < -0.4 is 9.64 Å². The Morgan fingerprint density at radius 1 is 0.893 bits per heavy atom. The molecule has 2 aromatic carbocycles. The molecule has 0 unspecified atom stereocenters. The minimum absolute atomic E-state index is 0.191. The molecule has 2 aromatic rings. The van der Waals surface area contributed by atoms with Crippen LogP contribution in [-0.2, 0) is 14.3 Å². The van der Waals surface area contributed by atoms with Crippen LogP contribution in [0.1, 0.15) is 40.5 Å². The second-order valence-electron chi connectivity index (χ2n) is 6.13. The number of esters is 1. The molecule has 2 amide bonds. The number of hydrogen-bond acceptors (Lipinski definition) is 6. The molecule has 0 radical (unpaired) electrons. The number of nitrogens with zero attached hydrogens (tertiary/aromatic N) is 1. The summed E-state index contributed by atoms with van der Waals surface area (Å²) in [5.41, 5.74) is 1.05. The van der Waals surface area contributed by atoms with Crippen LogP contribution >= 0.6 is 0 Å². The summed E-state index contributed by atoms with van der Waals surface area (Å²) in [6.07, 6.45) is 0.382. The summed E-state index contributed by atoms with van der Waals surface area (Å²) < 4.78 is 10.4. The van der Waals surface area contributed by atoms with E-state index in [-0.39, 0.29) is 36.0 Å². The van der Waals surface area contributed by atoms with Crippen LogP contribution in [0.3, 0.4) is 0 Å². The molecule has 144 valence electrons. The number of Topliss-reactive ketones (excluding diaryl/α,β-unsaturated/α-hetero) is 1. The molecule has 0 aliphatic carbocycles. The SMILES string of the molecule is CCOc1ccc(C(=O)COC(=O)c2ccc(N3C(=O)CCC3=O)cc2)cc1. The number of imide groups is 1. The number of anilines is 1. The van der Waals surface area contributed by atoms with E-state index >= 15 is 0 Å². The zero-order chi connectivity index (χ0) is 20.1. The minimum Gasteiger partial charge on any atom is -0.494 e. The van der Waals surface area contributed by atoms with E-state index in [2.05, 4.69) is 0 Å². The van der Waals surface area contributed by atoms with Crippen LogP contribution in [0.5, 0.6) is 5.75 Å². The van der Waals surface area contributed by atoms with E-state index in [4.69, 9.17) is 9.47 Å². The highest BCUT2D eigenvalue weighted by Gasteiger charge is 2.30. The van der Waals surface area contributed by atoms with E-state index in [0.717, 1.165) is 4.90 Å². The van der Waals surface area contributed by atoms with Crippen LogP contribution in [0, 0.1) is 0 Å². The highest BCUT2D eigenvalue weighted by atomic mass is 16.5. The van der Waals surface area contributed by atoms with Crippen molar-refractivity contribution in [3.8, 4) is 5.75 Å². The molecule has 0 atom stereocenters. The quantitative estimate of drug-likeness (QED) is 0.416. The summed E-state index contributed by atoms with van der Waals surface area (Å²) in [4.78, 5) is 48.9. The average Bonchev–Trinajstić information content (AvgIpc) is 3.05. The summed E-state index contributed by atoms with van der Waals surface area (Å²) in [6.45, 7) is 2.01. The van der Waals surface area contributed by atoms with Crippen molar-refractivity contribution in [2.24, 2.45) is 0 Å². The van der Waals surface area contributed by atoms with Gasteiger partial charge in [-0.1, -0.05) is 0 Å². The Morgan fingerprint density at radius 3 is 2.04 bits per heavy atom. The summed E-state index contributed by atoms with van der Waals surface area (Å²) in [5.74, 6) is -0.861. The molecular weight excluding hydrogens is 362 g/mol. The van der Waals surface area contributed by atoms with Gasteiger partial charge in [0.15, 0.2) is 12.4 Å². The molecule has 0 spiro atoms. The van der Waals surface area contributed by atoms with Gasteiger partial charge < -0.3 is 9.47 Å². The zero-order valence-corrected chi connectivity index (χ0v) is 15.3. The van der Waals surface area contributed by atoms with Gasteiger partial charge in [0.05, 0.1) is 17.9 Å². The summed E-state index contributed by atoms with van der Waals surface area (Å²) in [6, 6.07) is 12.5. The van der Waals surface area contributed by atoms with E-state index in [1.807, 2.05) is 6.92 Å². The van der Waals surface area contributed by atoms with Crippen LogP contribution in [0.4, 0.5) is 5.69 Å². The lowest BCUT2D eigenvalue weighted by Gasteiger charge is -2.14. The maximum atomic E-state index is 12.2. The molecule has 0 saturated carbocycles. The van der Waals surface area contributed by atoms with Crippen LogP contribution in [0.2, 0.25) is 0 Å². The van der Waals surface area contributed by atoms with E-state index < -0.39 is 12.6 Å². The number of benzene rings is 2. The number of rotatable bonds is 7. The van der Waals surface area contributed by atoms with Crippen LogP contribution in [0.15, 0.2) is 48.5 Å². The molecule has 7 nitrogen and oxygen atoms in total. The third kappa shape index (κ3) is 4.25. The molecule has 28 heavy (non-hydrogen) atoms. The van der Waals surface area contributed by atoms with Crippen molar-refractivity contribution in [2.75, 3.05) is 18.1 Å². The summed E-state index contributed by atoms with van der Waals surface area (Å²) in [7, 11) is 0. The Kier molecular flexibility index (Phi) is 5.84. The average molecular weight is 381 g/mol. The van der Waals surface area contributed by atoms with Crippen molar-refractivity contribution in [3.05, 3.63) is 59.7 Å². The van der Waals surface area contributed by atoms with Gasteiger partial charge in [-0.05, 0) is 55.5 Å². The van der Waals surface area contributed by atoms with Crippen molar-refractivity contribution in [1.29, 1.82) is 0 Å². The Balaban J connectivity index is 1.58. The fourth-order valence-electron chi connectivity index (χ4n) is 2.81. The minimum atomic E-state index is -0.662. The zero-order valence-electron chi connectivity index (χ0n) is 15.3. The van der Waals surface area contributed by atoms with E-state index in [0.29, 0.717) is 23.6 Å². The van der Waals surface area contributed by atoms with E-state index in [1.165, 1.54) is 24.3 Å². The molecular formula is C21H19NO6. The fraction of sp³-hybridized carbons (Fsp3) is 0.238. The van der Waals surface area contributed by atoms with Gasteiger partial charge in [-0.2, -0.15) is 0 Å². The molecule has 1 fully saturated rings. The van der Waals surface area contributed by atoms with Crippen molar-refractivity contribution < 1.29 is 28.7 Å². The third-order valence-electron chi connectivity index (χ3n) is 4.23. The lowest BCUT2D eigenvalue weighted by Crippen LogP contribution is -2.28. The first-order valence-electron chi connectivity index (χ1n) is 8.88. The first kappa shape index (κ1) is 19.3. The molecule has 1 aliphatic rings. The van der Waals surface area contributed by atoms with Crippen molar-refractivity contribution in [1.82, 2.24) is 0 Å². The number of ketones is 1. The van der Waals surface area contributed by atoms with Crippen molar-refractivity contribution in [2.45, 2.75) is 19.8 Å². The largest absolute Gasteiger partial charge is 0.494 e. The molecule has 3 rings (SSSR count). The predicted molar refractivity (Wildman–Crippen MR) is 100 cm³/mol. The van der Waals surface area contributed by atoms with Gasteiger partial charge in [-0.25, -0.2) is 4.79 Å². The molecule has 1 aliphatic heterocycles. The Labute approximate surface area is 161 Å². The molecule has 0 N–H and O–H groups in total. The van der Waals surface area contributed by atoms with Gasteiger partial charge in [0, 0.05) is 18.4 Å². The first-order chi connectivity index (χ1) is 13.5. The predicted octanol–water partition coefficient (Wildman–Crippen LogP) is 2.78.